The van der Waals surface area contributed by atoms with Crippen molar-refractivity contribution in [1.29, 1.82) is 0 Å². The van der Waals surface area contributed by atoms with E-state index in [2.05, 4.69) is 0 Å². The van der Waals surface area contributed by atoms with E-state index in [-0.39, 0.29) is 11.7 Å². The van der Waals surface area contributed by atoms with E-state index in [0.717, 1.165) is 22.3 Å². The van der Waals surface area contributed by atoms with Gasteiger partial charge in [-0.15, -0.1) is 0 Å². The number of aromatic carboxylic acids is 1. The van der Waals surface area contributed by atoms with Crippen molar-refractivity contribution in [2.75, 3.05) is 13.1 Å². The fourth-order valence-corrected chi connectivity index (χ4v) is 3.72. The summed E-state index contributed by atoms with van der Waals surface area (Å²) < 4.78 is 5.48. The van der Waals surface area contributed by atoms with E-state index >= 15 is 0 Å². The van der Waals surface area contributed by atoms with Gasteiger partial charge < -0.3 is 20.5 Å². The number of primary amides is 1. The van der Waals surface area contributed by atoms with Crippen molar-refractivity contribution in [3.8, 4) is 0 Å². The second-order valence-electron chi connectivity index (χ2n) is 8.77. The van der Waals surface area contributed by atoms with Gasteiger partial charge in [0.25, 0.3) is 0 Å². The summed E-state index contributed by atoms with van der Waals surface area (Å²) in [6.45, 7) is 6.54. The summed E-state index contributed by atoms with van der Waals surface area (Å²) in [7, 11) is 0. The lowest BCUT2D eigenvalue weighted by Crippen LogP contribution is -2.40. The highest BCUT2D eigenvalue weighted by Gasteiger charge is 2.26. The van der Waals surface area contributed by atoms with Crippen molar-refractivity contribution in [2.24, 2.45) is 5.73 Å². The summed E-state index contributed by atoms with van der Waals surface area (Å²) >= 11 is 0. The Bertz CT molecular complexity index is 1050. The third-order valence-corrected chi connectivity index (χ3v) is 5.23. The largest absolute Gasteiger partial charge is 0.478 e. The summed E-state index contributed by atoms with van der Waals surface area (Å²) in [5.41, 5.74) is 9.23. The van der Waals surface area contributed by atoms with Crippen molar-refractivity contribution in [3.63, 3.8) is 0 Å². The number of ether oxygens (including phenoxy) is 1. The Labute approximate surface area is 187 Å². The van der Waals surface area contributed by atoms with Crippen LogP contribution in [-0.2, 0) is 4.74 Å². The van der Waals surface area contributed by atoms with Gasteiger partial charge in [0.05, 0.1) is 5.56 Å². The smallest absolute Gasteiger partial charge is 0.410 e. The molecule has 0 unspecified atom stereocenters. The zero-order valence-electron chi connectivity index (χ0n) is 18.6. The van der Waals surface area contributed by atoms with Crippen molar-refractivity contribution < 1.29 is 24.2 Å². The Morgan fingerprint density at radius 3 is 2.00 bits per heavy atom. The third kappa shape index (κ3) is 5.55. The number of carbonyl (C=O) groups excluding carboxylic acids is 2. The summed E-state index contributed by atoms with van der Waals surface area (Å²) in [6.07, 6.45) is 0.936. The molecule has 0 aromatic heterocycles. The molecule has 0 atom stereocenters. The van der Waals surface area contributed by atoms with Crippen LogP contribution in [0, 0.1) is 0 Å². The summed E-state index contributed by atoms with van der Waals surface area (Å²) in [4.78, 5) is 37.1. The van der Waals surface area contributed by atoms with Crippen LogP contribution in [0.15, 0.2) is 54.1 Å². The highest BCUT2D eigenvalue weighted by molar-refractivity contribution is 5.95. The van der Waals surface area contributed by atoms with Crippen molar-refractivity contribution in [1.82, 2.24) is 4.90 Å². The average Bonchev–Trinajstić information content (AvgIpc) is 2.74. The lowest BCUT2D eigenvalue weighted by molar-refractivity contribution is 0.0236. The van der Waals surface area contributed by atoms with Crippen LogP contribution in [0.5, 0.6) is 0 Å². The van der Waals surface area contributed by atoms with Gasteiger partial charge >= 0.3 is 12.1 Å². The Kier molecular flexibility index (Phi) is 6.67. The number of benzene rings is 2. The molecule has 0 saturated carbocycles. The van der Waals surface area contributed by atoms with Crippen LogP contribution in [-0.4, -0.2) is 46.7 Å². The predicted octanol–water partition coefficient (Wildman–Crippen LogP) is 4.32. The number of nitrogens with two attached hydrogens (primary N) is 1. The molecule has 1 aliphatic rings. The van der Waals surface area contributed by atoms with E-state index in [9.17, 15) is 19.5 Å². The molecule has 32 heavy (non-hydrogen) atoms. The summed E-state index contributed by atoms with van der Waals surface area (Å²) in [6, 6.07) is 13.7. The highest BCUT2D eigenvalue weighted by atomic mass is 16.6. The predicted molar refractivity (Wildman–Crippen MR) is 121 cm³/mol. The number of hydrogen-bond donors (Lipinski definition) is 2. The molecule has 2 aromatic rings. The first-order chi connectivity index (χ1) is 15.0. The topological polar surface area (TPSA) is 110 Å². The lowest BCUT2D eigenvalue weighted by atomic mass is 9.87. The summed E-state index contributed by atoms with van der Waals surface area (Å²) in [5, 5.41) is 9.23. The van der Waals surface area contributed by atoms with E-state index in [0.29, 0.717) is 31.5 Å². The van der Waals surface area contributed by atoms with E-state index in [4.69, 9.17) is 10.5 Å². The first-order valence-corrected chi connectivity index (χ1v) is 10.5. The maximum absolute atomic E-state index is 12.4. The number of rotatable bonds is 4. The maximum Gasteiger partial charge on any atom is 0.410 e. The number of carboxylic acid groups (broad SMARTS) is 1. The van der Waals surface area contributed by atoms with Gasteiger partial charge in [-0.2, -0.15) is 0 Å². The van der Waals surface area contributed by atoms with Crippen LogP contribution in [0.4, 0.5) is 4.79 Å². The summed E-state index contributed by atoms with van der Waals surface area (Å²) in [5.74, 6) is -1.51. The monoisotopic (exact) mass is 436 g/mol. The Morgan fingerprint density at radius 1 is 0.906 bits per heavy atom. The molecule has 7 nitrogen and oxygen atoms in total. The molecular weight excluding hydrogens is 408 g/mol. The van der Waals surface area contributed by atoms with Gasteiger partial charge in [0.1, 0.15) is 5.60 Å². The molecule has 2 amide bonds. The minimum Gasteiger partial charge on any atom is -0.478 e. The van der Waals surface area contributed by atoms with Gasteiger partial charge in [-0.3, -0.25) is 4.79 Å². The zero-order chi connectivity index (χ0) is 23.5. The van der Waals surface area contributed by atoms with E-state index in [1.54, 1.807) is 47.4 Å². The number of carbonyl (C=O) groups is 3. The SMILES string of the molecule is CC(C)(C)OC(=O)N1CCC(=C(c2ccc(C(=O)O)cc2)c2cccc(C(N)=O)c2)CC1. The van der Waals surface area contributed by atoms with Crippen LogP contribution in [0.1, 0.15) is 65.5 Å². The lowest BCUT2D eigenvalue weighted by Gasteiger charge is -2.32. The molecule has 7 heteroatoms. The molecule has 3 N–H and O–H groups in total. The molecule has 1 saturated heterocycles. The molecule has 0 bridgehead atoms. The number of carboxylic acids is 1. The quantitative estimate of drug-likeness (QED) is 0.742. The van der Waals surface area contributed by atoms with Crippen LogP contribution in [0.3, 0.4) is 0 Å². The van der Waals surface area contributed by atoms with Crippen LogP contribution < -0.4 is 5.73 Å². The molecule has 1 fully saturated rings. The van der Waals surface area contributed by atoms with Gasteiger partial charge in [-0.1, -0.05) is 29.8 Å². The van der Waals surface area contributed by atoms with Crippen LogP contribution in [0.2, 0.25) is 0 Å². The van der Waals surface area contributed by atoms with Crippen molar-refractivity contribution >= 4 is 23.5 Å². The minimum atomic E-state index is -0.993. The molecule has 0 radical (unpaired) electrons. The Hall–Kier alpha value is -3.61. The first-order valence-electron chi connectivity index (χ1n) is 10.5. The zero-order valence-corrected chi connectivity index (χ0v) is 18.6. The Morgan fingerprint density at radius 2 is 1.47 bits per heavy atom. The number of hydrogen-bond acceptors (Lipinski definition) is 4. The van der Waals surface area contributed by atoms with Gasteiger partial charge in [0.15, 0.2) is 0 Å². The Balaban J connectivity index is 1.97. The fourth-order valence-electron chi connectivity index (χ4n) is 3.72. The molecule has 2 aromatic carbocycles. The first kappa shape index (κ1) is 23.1. The number of amides is 2. The molecule has 1 aliphatic heterocycles. The fraction of sp³-hybridized carbons (Fsp3) is 0.320. The molecule has 168 valence electrons. The number of piperidine rings is 1. The minimum absolute atomic E-state index is 0.198. The van der Waals surface area contributed by atoms with E-state index < -0.39 is 17.5 Å². The molecule has 0 aliphatic carbocycles. The van der Waals surface area contributed by atoms with Gasteiger partial charge in [0, 0.05) is 18.7 Å². The van der Waals surface area contributed by atoms with Crippen LogP contribution >= 0.6 is 0 Å². The van der Waals surface area contributed by atoms with Gasteiger partial charge in [-0.25, -0.2) is 9.59 Å². The van der Waals surface area contributed by atoms with E-state index in [1.807, 2.05) is 26.8 Å². The van der Waals surface area contributed by atoms with Crippen molar-refractivity contribution in [3.05, 3.63) is 76.4 Å². The molecule has 0 spiro atoms. The van der Waals surface area contributed by atoms with Gasteiger partial charge in [-0.05, 0) is 74.6 Å². The maximum atomic E-state index is 12.4. The second-order valence-corrected chi connectivity index (χ2v) is 8.77. The molecular formula is C25H28N2O5. The van der Waals surface area contributed by atoms with E-state index in [1.165, 1.54) is 0 Å². The number of nitrogens with zero attached hydrogens (tertiary/aromatic N) is 1. The van der Waals surface area contributed by atoms with Crippen LogP contribution in [0.25, 0.3) is 5.57 Å². The molecule has 1 heterocycles. The molecule has 3 rings (SSSR count). The third-order valence-electron chi connectivity index (χ3n) is 5.23. The normalized spacial score (nSPS) is 14.1. The second kappa shape index (κ2) is 9.26. The average molecular weight is 437 g/mol. The standard InChI is InChI=1S/C25H28N2O5/c1-25(2,3)32-24(31)27-13-11-17(12-14-27)21(16-7-9-18(10-8-16)23(29)30)19-5-4-6-20(15-19)22(26)28/h4-10,15H,11-14H2,1-3H3,(H2,26,28)(H,29,30). The highest BCUT2D eigenvalue weighted by Crippen LogP contribution is 2.33. The number of likely N-dealkylation sites (tertiary alicyclic amines) is 1. The van der Waals surface area contributed by atoms with Gasteiger partial charge in [0.2, 0.25) is 5.91 Å². The van der Waals surface area contributed by atoms with Crippen molar-refractivity contribution in [2.45, 2.75) is 39.2 Å².